The standard InChI is InChI=1S/C12H24NO/c1-10(2,3)9-12(6)8-7-11(4,5)13(12)14/h7-9H2,1-6H3. The van der Waals surface area contributed by atoms with Gasteiger partial charge in [-0.05, 0) is 45.4 Å². The van der Waals surface area contributed by atoms with Gasteiger partial charge in [-0.1, -0.05) is 20.8 Å². The number of hydrogen-bond acceptors (Lipinski definition) is 1. The van der Waals surface area contributed by atoms with Crippen molar-refractivity contribution in [3.8, 4) is 0 Å². The van der Waals surface area contributed by atoms with Crippen molar-refractivity contribution >= 4 is 0 Å². The van der Waals surface area contributed by atoms with Gasteiger partial charge in [-0.2, -0.15) is 0 Å². The molecule has 1 atom stereocenters. The lowest BCUT2D eigenvalue weighted by atomic mass is 9.80. The molecule has 0 saturated carbocycles. The fraction of sp³-hybridized carbons (Fsp3) is 1.00. The summed E-state index contributed by atoms with van der Waals surface area (Å²) in [7, 11) is 0. The van der Waals surface area contributed by atoms with Crippen LogP contribution in [0.2, 0.25) is 0 Å². The van der Waals surface area contributed by atoms with E-state index in [0.717, 1.165) is 19.3 Å². The monoisotopic (exact) mass is 198 g/mol. The van der Waals surface area contributed by atoms with E-state index in [2.05, 4.69) is 27.7 Å². The van der Waals surface area contributed by atoms with Crippen LogP contribution in [-0.4, -0.2) is 16.1 Å². The molecule has 1 aliphatic heterocycles. The molecular formula is C12H24NO. The van der Waals surface area contributed by atoms with E-state index in [1.54, 1.807) is 0 Å². The fourth-order valence-corrected chi connectivity index (χ4v) is 2.81. The summed E-state index contributed by atoms with van der Waals surface area (Å²) in [5.41, 5.74) is -0.0837. The Morgan fingerprint density at radius 1 is 1.14 bits per heavy atom. The molecule has 0 N–H and O–H groups in total. The molecule has 2 nitrogen and oxygen atoms in total. The van der Waals surface area contributed by atoms with E-state index >= 15 is 0 Å². The van der Waals surface area contributed by atoms with Crippen molar-refractivity contribution in [2.24, 2.45) is 5.41 Å². The van der Waals surface area contributed by atoms with Gasteiger partial charge in [-0.3, -0.25) is 0 Å². The van der Waals surface area contributed by atoms with E-state index in [4.69, 9.17) is 0 Å². The maximum atomic E-state index is 12.1. The Hall–Kier alpha value is -0.0800. The Morgan fingerprint density at radius 2 is 1.64 bits per heavy atom. The summed E-state index contributed by atoms with van der Waals surface area (Å²) in [5, 5.41) is 13.5. The summed E-state index contributed by atoms with van der Waals surface area (Å²) < 4.78 is 0. The van der Waals surface area contributed by atoms with Gasteiger partial charge in [0.1, 0.15) is 0 Å². The average molecular weight is 198 g/mol. The summed E-state index contributed by atoms with van der Waals surface area (Å²) in [4.78, 5) is 0. The van der Waals surface area contributed by atoms with Gasteiger partial charge < -0.3 is 0 Å². The zero-order valence-corrected chi connectivity index (χ0v) is 10.5. The van der Waals surface area contributed by atoms with E-state index in [9.17, 15) is 5.21 Å². The van der Waals surface area contributed by atoms with Crippen LogP contribution in [0, 0.1) is 5.41 Å². The number of hydrogen-bond donors (Lipinski definition) is 0. The van der Waals surface area contributed by atoms with Gasteiger partial charge in [0.05, 0.1) is 0 Å². The first kappa shape index (κ1) is 12.0. The first-order valence-electron chi connectivity index (χ1n) is 5.54. The third-order valence-electron chi connectivity index (χ3n) is 3.23. The molecule has 0 spiro atoms. The van der Waals surface area contributed by atoms with Gasteiger partial charge in [0.25, 0.3) is 0 Å². The molecule has 1 heterocycles. The van der Waals surface area contributed by atoms with E-state index in [1.165, 1.54) is 5.06 Å². The third kappa shape index (κ3) is 2.29. The first-order chi connectivity index (χ1) is 6.07. The van der Waals surface area contributed by atoms with Gasteiger partial charge in [0.15, 0.2) is 0 Å². The maximum Gasteiger partial charge on any atom is 0.0477 e. The predicted octanol–water partition coefficient (Wildman–Crippen LogP) is 3.40. The quantitative estimate of drug-likeness (QED) is 0.633. The second-order valence-corrected chi connectivity index (χ2v) is 6.84. The van der Waals surface area contributed by atoms with E-state index < -0.39 is 0 Å². The minimum atomic E-state index is -0.167. The zero-order chi connectivity index (χ0) is 11.2. The highest BCUT2D eigenvalue weighted by atomic mass is 16.5. The predicted molar refractivity (Wildman–Crippen MR) is 58.3 cm³/mol. The largest absolute Gasteiger partial charge is 0.144 e. The van der Waals surface area contributed by atoms with Crippen LogP contribution in [0.25, 0.3) is 0 Å². The molecule has 1 rings (SSSR count). The summed E-state index contributed by atoms with van der Waals surface area (Å²) in [6.07, 6.45) is 3.02. The second-order valence-electron chi connectivity index (χ2n) is 6.84. The highest BCUT2D eigenvalue weighted by Gasteiger charge is 2.49. The van der Waals surface area contributed by atoms with Crippen molar-refractivity contribution in [2.75, 3.05) is 0 Å². The molecule has 1 radical (unpaired) electrons. The second kappa shape index (κ2) is 3.21. The topological polar surface area (TPSA) is 23.1 Å². The molecule has 0 bridgehead atoms. The van der Waals surface area contributed by atoms with Gasteiger partial charge in [0, 0.05) is 11.1 Å². The van der Waals surface area contributed by atoms with Crippen LogP contribution in [-0.2, 0) is 5.21 Å². The molecule has 0 aromatic carbocycles. The van der Waals surface area contributed by atoms with Crippen LogP contribution in [0.3, 0.4) is 0 Å². The Labute approximate surface area is 88.3 Å². The lowest BCUT2D eigenvalue weighted by Crippen LogP contribution is -2.48. The Balaban J connectivity index is 2.78. The first-order valence-corrected chi connectivity index (χ1v) is 5.54. The van der Waals surface area contributed by atoms with Crippen LogP contribution in [0.5, 0.6) is 0 Å². The molecule has 1 unspecified atom stereocenters. The number of rotatable bonds is 1. The van der Waals surface area contributed by atoms with Crippen molar-refractivity contribution in [3.63, 3.8) is 0 Å². The highest BCUT2D eigenvalue weighted by Crippen LogP contribution is 2.45. The lowest BCUT2D eigenvalue weighted by molar-refractivity contribution is -0.254. The smallest absolute Gasteiger partial charge is 0.0477 e. The van der Waals surface area contributed by atoms with Crippen LogP contribution < -0.4 is 0 Å². The Bertz CT molecular complexity index is 217. The summed E-state index contributed by atoms with van der Waals surface area (Å²) in [6, 6.07) is 0. The molecule has 0 aromatic rings. The highest BCUT2D eigenvalue weighted by molar-refractivity contribution is 5.00. The summed E-state index contributed by atoms with van der Waals surface area (Å²) in [6.45, 7) is 12.8. The van der Waals surface area contributed by atoms with Crippen LogP contribution in [0.1, 0.15) is 60.8 Å². The lowest BCUT2D eigenvalue weighted by Gasteiger charge is -2.38. The molecule has 1 saturated heterocycles. The van der Waals surface area contributed by atoms with Gasteiger partial charge in [0.2, 0.25) is 0 Å². The summed E-state index contributed by atoms with van der Waals surface area (Å²) in [5.74, 6) is 0. The number of hydroxylamine groups is 2. The molecule has 0 aliphatic carbocycles. The van der Waals surface area contributed by atoms with Crippen molar-refractivity contribution in [1.82, 2.24) is 5.06 Å². The van der Waals surface area contributed by atoms with E-state index in [0.29, 0.717) is 0 Å². The Morgan fingerprint density at radius 3 is 1.93 bits per heavy atom. The van der Waals surface area contributed by atoms with Gasteiger partial charge >= 0.3 is 0 Å². The minimum absolute atomic E-state index is 0.151. The maximum absolute atomic E-state index is 12.1. The molecular weight excluding hydrogens is 174 g/mol. The molecule has 1 aliphatic rings. The molecule has 14 heavy (non-hydrogen) atoms. The molecule has 1 fully saturated rings. The van der Waals surface area contributed by atoms with Crippen molar-refractivity contribution in [2.45, 2.75) is 71.9 Å². The fourth-order valence-electron chi connectivity index (χ4n) is 2.81. The normalized spacial score (nSPS) is 33.6. The Kier molecular flexibility index (Phi) is 2.75. The van der Waals surface area contributed by atoms with Crippen LogP contribution in [0.4, 0.5) is 0 Å². The average Bonchev–Trinajstić information content (AvgIpc) is 2.12. The molecule has 0 aromatic heterocycles. The van der Waals surface area contributed by atoms with E-state index in [-0.39, 0.29) is 16.5 Å². The van der Waals surface area contributed by atoms with E-state index in [1.807, 2.05) is 13.8 Å². The van der Waals surface area contributed by atoms with Gasteiger partial charge in [-0.25, -0.2) is 0 Å². The van der Waals surface area contributed by atoms with Crippen LogP contribution in [0.15, 0.2) is 0 Å². The SMILES string of the molecule is CC(C)(C)CC1(C)CCC(C)(C)N1[O]. The minimum Gasteiger partial charge on any atom is -0.144 e. The third-order valence-corrected chi connectivity index (χ3v) is 3.23. The molecule has 2 heteroatoms. The number of nitrogens with zero attached hydrogens (tertiary/aromatic N) is 1. The zero-order valence-electron chi connectivity index (χ0n) is 10.5. The van der Waals surface area contributed by atoms with Crippen molar-refractivity contribution in [1.29, 1.82) is 0 Å². The van der Waals surface area contributed by atoms with Crippen molar-refractivity contribution < 1.29 is 5.21 Å². The van der Waals surface area contributed by atoms with Gasteiger partial charge in [-0.15, -0.1) is 10.3 Å². The molecule has 0 amide bonds. The van der Waals surface area contributed by atoms with Crippen molar-refractivity contribution in [3.05, 3.63) is 0 Å². The molecule has 83 valence electrons. The summed E-state index contributed by atoms with van der Waals surface area (Å²) >= 11 is 0. The van der Waals surface area contributed by atoms with Crippen LogP contribution >= 0.6 is 0 Å².